The van der Waals surface area contributed by atoms with Gasteiger partial charge in [-0.15, -0.1) is 0 Å². The Morgan fingerprint density at radius 2 is 1.60 bits per heavy atom. The minimum atomic E-state index is -0.758. The van der Waals surface area contributed by atoms with Gasteiger partial charge in [0.05, 0.1) is 6.67 Å². The van der Waals surface area contributed by atoms with Gasteiger partial charge in [0.2, 0.25) is 5.91 Å². The van der Waals surface area contributed by atoms with Gasteiger partial charge in [-0.05, 0) is 57.9 Å². The molecule has 0 saturated carbocycles. The molecule has 0 aromatic heterocycles. The van der Waals surface area contributed by atoms with Gasteiger partial charge in [0.1, 0.15) is 12.1 Å². The van der Waals surface area contributed by atoms with E-state index in [1.807, 2.05) is 75.4 Å². The summed E-state index contributed by atoms with van der Waals surface area (Å²) in [5.74, 6) is -0.0659. The second-order valence-corrected chi connectivity index (χ2v) is 9.29. The van der Waals surface area contributed by atoms with E-state index in [-0.39, 0.29) is 24.4 Å². The summed E-state index contributed by atoms with van der Waals surface area (Å²) in [6.07, 6.45) is 1.02. The van der Waals surface area contributed by atoms with E-state index >= 15 is 0 Å². The Kier molecular flexibility index (Phi) is 7.28. The minimum absolute atomic E-state index is 0.0274. The Labute approximate surface area is 207 Å². The van der Waals surface area contributed by atoms with E-state index in [0.717, 1.165) is 16.9 Å². The lowest BCUT2D eigenvalue weighted by atomic mass is 9.85. The molecule has 8 heteroatoms. The van der Waals surface area contributed by atoms with Crippen molar-refractivity contribution in [1.82, 2.24) is 14.7 Å². The van der Waals surface area contributed by atoms with Crippen LogP contribution in [0, 0.1) is 6.92 Å². The fraction of sp³-hybridized carbons (Fsp3) is 0.444. The van der Waals surface area contributed by atoms with Gasteiger partial charge in [0.15, 0.2) is 0 Å². The van der Waals surface area contributed by atoms with Crippen molar-refractivity contribution >= 4 is 29.2 Å². The Hall–Kier alpha value is -3.55. The molecule has 8 nitrogen and oxygen atoms in total. The summed E-state index contributed by atoms with van der Waals surface area (Å²) < 4.78 is 0. The number of amides is 4. The van der Waals surface area contributed by atoms with Gasteiger partial charge >= 0.3 is 6.03 Å². The van der Waals surface area contributed by atoms with E-state index in [1.165, 1.54) is 0 Å². The van der Waals surface area contributed by atoms with Crippen LogP contribution in [-0.4, -0.2) is 77.5 Å². The molecule has 0 unspecified atom stereocenters. The molecule has 0 aliphatic carbocycles. The standard InChI is InChI=1S/C27H35N5O3/c1-4-29(5-2)24(33)19-31-20-32(23-9-7-6-8-10-23)27(25(31)34)15-17-30(18-16-27)26(35)28-22-13-11-21(3)12-14-22/h6-14H,4-5,15-20H2,1-3H3,(H,28,35). The largest absolute Gasteiger partial charge is 0.342 e. The van der Waals surface area contributed by atoms with Crippen molar-refractivity contribution in [2.45, 2.75) is 39.2 Å². The van der Waals surface area contributed by atoms with E-state index in [0.29, 0.717) is 45.7 Å². The summed E-state index contributed by atoms with van der Waals surface area (Å²) in [6.45, 7) is 8.51. The van der Waals surface area contributed by atoms with Gasteiger partial charge in [-0.1, -0.05) is 35.9 Å². The summed E-state index contributed by atoms with van der Waals surface area (Å²) in [4.78, 5) is 46.8. The Balaban J connectivity index is 1.50. The van der Waals surface area contributed by atoms with E-state index < -0.39 is 5.54 Å². The SMILES string of the molecule is CCN(CC)C(=O)CN1CN(c2ccccc2)C2(CCN(C(=O)Nc3ccc(C)cc3)CC2)C1=O. The average Bonchev–Trinajstić information content (AvgIpc) is 3.13. The van der Waals surface area contributed by atoms with Crippen LogP contribution in [0.1, 0.15) is 32.3 Å². The number of nitrogens with zero attached hydrogens (tertiary/aromatic N) is 4. The maximum atomic E-state index is 13.8. The third-order valence-electron chi connectivity index (χ3n) is 7.20. The molecule has 0 bridgehead atoms. The normalized spacial score (nSPS) is 17.1. The molecule has 2 aromatic carbocycles. The Morgan fingerprint density at radius 3 is 2.20 bits per heavy atom. The van der Waals surface area contributed by atoms with Crippen molar-refractivity contribution in [3.8, 4) is 0 Å². The maximum Gasteiger partial charge on any atom is 0.321 e. The number of likely N-dealkylation sites (N-methyl/N-ethyl adjacent to an activating group) is 1. The number of likely N-dealkylation sites (tertiary alicyclic amines) is 1. The van der Waals surface area contributed by atoms with Crippen LogP contribution in [0.4, 0.5) is 16.2 Å². The summed E-state index contributed by atoms with van der Waals surface area (Å²) in [6, 6.07) is 17.4. The number of hydrogen-bond acceptors (Lipinski definition) is 4. The fourth-order valence-corrected chi connectivity index (χ4v) is 5.08. The molecule has 2 aliphatic rings. The van der Waals surface area contributed by atoms with E-state index in [9.17, 15) is 14.4 Å². The molecule has 0 atom stereocenters. The van der Waals surface area contributed by atoms with E-state index in [4.69, 9.17) is 0 Å². The van der Waals surface area contributed by atoms with Crippen LogP contribution in [-0.2, 0) is 9.59 Å². The van der Waals surface area contributed by atoms with Gasteiger partial charge in [-0.25, -0.2) is 4.79 Å². The first-order valence-electron chi connectivity index (χ1n) is 12.4. The minimum Gasteiger partial charge on any atom is -0.342 e. The van der Waals surface area contributed by atoms with E-state index in [1.54, 1.807) is 14.7 Å². The first-order chi connectivity index (χ1) is 16.9. The number of hydrogen-bond donors (Lipinski definition) is 1. The molecular weight excluding hydrogens is 442 g/mol. The summed E-state index contributed by atoms with van der Waals surface area (Å²) in [5.41, 5.74) is 2.08. The first kappa shape index (κ1) is 24.6. The summed E-state index contributed by atoms with van der Waals surface area (Å²) >= 11 is 0. The van der Waals surface area contributed by atoms with Crippen molar-refractivity contribution in [1.29, 1.82) is 0 Å². The highest BCUT2D eigenvalue weighted by Gasteiger charge is 2.54. The van der Waals surface area contributed by atoms with Crippen molar-refractivity contribution in [3.63, 3.8) is 0 Å². The van der Waals surface area contributed by atoms with Crippen LogP contribution in [0.25, 0.3) is 0 Å². The molecule has 2 fully saturated rings. The monoisotopic (exact) mass is 477 g/mol. The number of nitrogens with one attached hydrogen (secondary N) is 1. The number of benzene rings is 2. The van der Waals surface area contributed by atoms with Crippen molar-refractivity contribution in [2.75, 3.05) is 49.6 Å². The highest BCUT2D eigenvalue weighted by Crippen LogP contribution is 2.39. The molecule has 2 aromatic rings. The van der Waals surface area contributed by atoms with Crippen LogP contribution < -0.4 is 10.2 Å². The van der Waals surface area contributed by atoms with Crippen molar-refractivity contribution in [2.24, 2.45) is 0 Å². The average molecular weight is 478 g/mol. The van der Waals surface area contributed by atoms with Crippen LogP contribution >= 0.6 is 0 Å². The topological polar surface area (TPSA) is 76.2 Å². The molecule has 2 saturated heterocycles. The third-order valence-corrected chi connectivity index (χ3v) is 7.20. The van der Waals surface area contributed by atoms with Crippen LogP contribution in [0.3, 0.4) is 0 Å². The van der Waals surface area contributed by atoms with Crippen LogP contribution in [0.5, 0.6) is 0 Å². The number of para-hydroxylation sites is 1. The molecule has 1 N–H and O–H groups in total. The lowest BCUT2D eigenvalue weighted by Crippen LogP contribution is -2.58. The zero-order valence-electron chi connectivity index (χ0n) is 20.9. The predicted molar refractivity (Wildman–Crippen MR) is 137 cm³/mol. The molecule has 1 spiro atoms. The lowest BCUT2D eigenvalue weighted by molar-refractivity contribution is -0.140. The smallest absolute Gasteiger partial charge is 0.321 e. The van der Waals surface area contributed by atoms with Gasteiger partial charge in [0.25, 0.3) is 5.91 Å². The summed E-state index contributed by atoms with van der Waals surface area (Å²) in [5, 5.41) is 2.96. The van der Waals surface area contributed by atoms with E-state index in [2.05, 4.69) is 10.2 Å². The third kappa shape index (κ3) is 4.97. The second-order valence-electron chi connectivity index (χ2n) is 9.29. The van der Waals surface area contributed by atoms with Gasteiger partial charge in [-0.3, -0.25) is 9.59 Å². The molecule has 4 rings (SSSR count). The first-order valence-corrected chi connectivity index (χ1v) is 12.4. The molecule has 2 heterocycles. The number of piperidine rings is 1. The van der Waals surface area contributed by atoms with Gasteiger partial charge in [0, 0.05) is 37.6 Å². The number of carbonyl (C=O) groups excluding carboxylic acids is 3. The number of urea groups is 1. The van der Waals surface area contributed by atoms with Gasteiger partial charge < -0.3 is 24.9 Å². The number of carbonyl (C=O) groups is 3. The predicted octanol–water partition coefficient (Wildman–Crippen LogP) is 3.54. The number of anilines is 2. The number of rotatable bonds is 6. The summed E-state index contributed by atoms with van der Waals surface area (Å²) in [7, 11) is 0. The molecule has 2 aliphatic heterocycles. The number of aryl methyl sites for hydroxylation is 1. The highest BCUT2D eigenvalue weighted by atomic mass is 16.2. The maximum absolute atomic E-state index is 13.8. The molecule has 4 amide bonds. The quantitative estimate of drug-likeness (QED) is 0.691. The van der Waals surface area contributed by atoms with Crippen LogP contribution in [0.2, 0.25) is 0 Å². The second kappa shape index (κ2) is 10.4. The zero-order valence-corrected chi connectivity index (χ0v) is 20.9. The molecular formula is C27H35N5O3. The Bertz CT molecular complexity index is 1040. The zero-order chi connectivity index (χ0) is 25.0. The highest BCUT2D eigenvalue weighted by molar-refractivity contribution is 5.97. The van der Waals surface area contributed by atoms with Crippen molar-refractivity contribution in [3.05, 3.63) is 60.2 Å². The van der Waals surface area contributed by atoms with Gasteiger partial charge in [-0.2, -0.15) is 0 Å². The van der Waals surface area contributed by atoms with Crippen molar-refractivity contribution < 1.29 is 14.4 Å². The molecule has 35 heavy (non-hydrogen) atoms. The molecule has 0 radical (unpaired) electrons. The fourth-order valence-electron chi connectivity index (χ4n) is 5.08. The molecule has 186 valence electrons. The lowest BCUT2D eigenvalue weighted by Gasteiger charge is -2.43. The van der Waals surface area contributed by atoms with Crippen LogP contribution in [0.15, 0.2) is 54.6 Å². The Morgan fingerprint density at radius 1 is 0.971 bits per heavy atom.